The molecule has 4 amide bonds. The Morgan fingerprint density at radius 2 is 1.64 bits per heavy atom. The van der Waals surface area contributed by atoms with Crippen molar-refractivity contribution in [1.29, 1.82) is 0 Å². The number of aromatic nitrogens is 1. The second kappa shape index (κ2) is 14.5. The number of imide groups is 2. The average Bonchev–Trinajstić information content (AvgIpc) is 3.64. The standard InChI is InChI=1S/C42H46ClN9O4/c1-27-21-42(26-51(27)30-5-7-35(44-2)34(43)20-30)11-13-50(14-12-42)37-9-3-28(22-45-37)23-47-24-31(25-47)49-17-15-48(16-18-49)29-4-6-32-33(19-29)41(56)52(40(32)55)36-8-10-38(53)46-39(36)54/h3-7,9,19-20,22,27,31,36H,8,10-18,21,23-26H2,1H3,(H,46,53,54)/t27-,36?/m0/s1. The summed E-state index contributed by atoms with van der Waals surface area (Å²) in [6.07, 6.45) is 5.72. The molecule has 0 saturated carbocycles. The van der Waals surface area contributed by atoms with Crippen LogP contribution in [0, 0.1) is 12.0 Å². The first-order valence-electron chi connectivity index (χ1n) is 19.8. The van der Waals surface area contributed by atoms with Crippen molar-refractivity contribution in [2.75, 3.05) is 73.6 Å². The van der Waals surface area contributed by atoms with E-state index in [0.717, 1.165) is 107 Å². The third-order valence-electron chi connectivity index (χ3n) is 13.1. The fourth-order valence-corrected chi connectivity index (χ4v) is 10.1. The van der Waals surface area contributed by atoms with Gasteiger partial charge in [0.05, 0.1) is 17.7 Å². The van der Waals surface area contributed by atoms with Gasteiger partial charge in [0.1, 0.15) is 11.9 Å². The van der Waals surface area contributed by atoms with Crippen LogP contribution in [-0.4, -0.2) is 120 Å². The number of carbonyl (C=O) groups is 4. The third-order valence-corrected chi connectivity index (χ3v) is 13.4. The van der Waals surface area contributed by atoms with Crippen LogP contribution in [0.25, 0.3) is 4.85 Å². The SMILES string of the molecule is [C-]#[N+]c1ccc(N2CC3(CCN(c4ccc(CN5CC(N6CCN(c7ccc8c(c7)C(=O)N(C7CCC(=O)NC7=O)C8=O)CC6)C5)cn4)CC3)C[C@@H]2C)cc1Cl. The van der Waals surface area contributed by atoms with Gasteiger partial charge < -0.3 is 14.7 Å². The number of benzene rings is 2. The first-order chi connectivity index (χ1) is 27.1. The summed E-state index contributed by atoms with van der Waals surface area (Å²) in [5.74, 6) is -0.878. The van der Waals surface area contributed by atoms with E-state index in [-0.39, 0.29) is 24.2 Å². The van der Waals surface area contributed by atoms with Gasteiger partial charge in [0.2, 0.25) is 17.5 Å². The summed E-state index contributed by atoms with van der Waals surface area (Å²) in [7, 11) is 0. The Hall–Kier alpha value is -5.03. The first kappa shape index (κ1) is 36.6. The fraction of sp³-hybridized carbons (Fsp3) is 0.476. The number of hydrogen-bond acceptors (Lipinski definition) is 10. The van der Waals surface area contributed by atoms with Crippen molar-refractivity contribution in [3.05, 3.63) is 87.9 Å². The van der Waals surface area contributed by atoms with Gasteiger partial charge >= 0.3 is 0 Å². The Morgan fingerprint density at radius 3 is 2.34 bits per heavy atom. The summed E-state index contributed by atoms with van der Waals surface area (Å²) in [6.45, 7) is 19.0. The van der Waals surface area contributed by atoms with Crippen LogP contribution in [0.3, 0.4) is 0 Å². The van der Waals surface area contributed by atoms with Crippen LogP contribution in [0.2, 0.25) is 5.02 Å². The lowest BCUT2D eigenvalue weighted by molar-refractivity contribution is -0.136. The number of hydrogen-bond donors (Lipinski definition) is 1. The van der Waals surface area contributed by atoms with E-state index in [4.69, 9.17) is 23.2 Å². The monoisotopic (exact) mass is 775 g/mol. The van der Waals surface area contributed by atoms with E-state index in [1.165, 1.54) is 5.56 Å². The molecule has 9 rings (SSSR count). The second-order valence-electron chi connectivity index (χ2n) is 16.5. The molecule has 1 unspecified atom stereocenters. The molecule has 56 heavy (non-hydrogen) atoms. The van der Waals surface area contributed by atoms with E-state index in [0.29, 0.717) is 33.9 Å². The van der Waals surface area contributed by atoms with E-state index in [1.807, 2.05) is 30.5 Å². The molecule has 290 valence electrons. The maximum Gasteiger partial charge on any atom is 0.262 e. The van der Waals surface area contributed by atoms with Crippen molar-refractivity contribution in [3.63, 3.8) is 0 Å². The number of piperazine rings is 1. The number of anilines is 3. The summed E-state index contributed by atoms with van der Waals surface area (Å²) < 4.78 is 0. The van der Waals surface area contributed by atoms with Crippen LogP contribution < -0.4 is 20.0 Å². The van der Waals surface area contributed by atoms with Crippen LogP contribution in [0.1, 0.15) is 65.3 Å². The lowest BCUT2D eigenvalue weighted by Crippen LogP contribution is -2.62. The van der Waals surface area contributed by atoms with Gasteiger partial charge in [-0.05, 0) is 80.0 Å². The number of halogens is 1. The summed E-state index contributed by atoms with van der Waals surface area (Å²) in [5.41, 5.74) is 4.66. The molecule has 0 radical (unpaired) electrons. The zero-order valence-corrected chi connectivity index (χ0v) is 32.4. The van der Waals surface area contributed by atoms with Crippen LogP contribution in [0.15, 0.2) is 54.7 Å². The molecule has 1 aromatic heterocycles. The molecular formula is C42H46ClN9O4. The maximum atomic E-state index is 13.3. The highest BCUT2D eigenvalue weighted by molar-refractivity contribution is 6.33. The summed E-state index contributed by atoms with van der Waals surface area (Å²) in [6, 6.07) is 15.6. The molecule has 14 heteroatoms. The molecule has 3 aromatic rings. The Kier molecular flexibility index (Phi) is 9.46. The maximum absolute atomic E-state index is 13.3. The predicted molar refractivity (Wildman–Crippen MR) is 213 cm³/mol. The van der Waals surface area contributed by atoms with Crippen molar-refractivity contribution in [3.8, 4) is 0 Å². The molecule has 6 aliphatic heterocycles. The van der Waals surface area contributed by atoms with Crippen molar-refractivity contribution < 1.29 is 19.2 Å². The molecule has 1 spiro atoms. The Morgan fingerprint density at radius 1 is 0.893 bits per heavy atom. The van der Waals surface area contributed by atoms with Crippen molar-refractivity contribution in [1.82, 2.24) is 25.0 Å². The lowest BCUT2D eigenvalue weighted by atomic mass is 9.77. The van der Waals surface area contributed by atoms with Crippen LogP contribution in [0.4, 0.5) is 22.9 Å². The summed E-state index contributed by atoms with van der Waals surface area (Å²) in [5, 5.41) is 2.78. The van der Waals surface area contributed by atoms with Gasteiger partial charge in [-0.3, -0.25) is 39.2 Å². The molecule has 5 fully saturated rings. The number of fused-ring (bicyclic) bond motifs is 1. The van der Waals surface area contributed by atoms with Gasteiger partial charge in [0.25, 0.3) is 11.8 Å². The van der Waals surface area contributed by atoms with Crippen LogP contribution in [0.5, 0.6) is 0 Å². The van der Waals surface area contributed by atoms with Gasteiger partial charge in [0, 0.05) is 107 Å². The second-order valence-corrected chi connectivity index (χ2v) is 16.9. The summed E-state index contributed by atoms with van der Waals surface area (Å²) in [4.78, 5) is 72.1. The molecular weight excluding hydrogens is 730 g/mol. The molecule has 0 bridgehead atoms. The third kappa shape index (κ3) is 6.67. The van der Waals surface area contributed by atoms with Crippen LogP contribution in [-0.2, 0) is 16.1 Å². The number of pyridine rings is 1. The van der Waals surface area contributed by atoms with Crippen molar-refractivity contribution in [2.45, 2.75) is 63.7 Å². The van der Waals surface area contributed by atoms with Gasteiger partial charge in [-0.2, -0.15) is 0 Å². The van der Waals surface area contributed by atoms with E-state index in [9.17, 15) is 19.2 Å². The minimum Gasteiger partial charge on any atom is -0.369 e. The Labute approximate surface area is 332 Å². The smallest absolute Gasteiger partial charge is 0.262 e. The molecule has 13 nitrogen and oxygen atoms in total. The van der Waals surface area contributed by atoms with E-state index >= 15 is 0 Å². The zero-order valence-electron chi connectivity index (χ0n) is 31.6. The fourth-order valence-electron chi connectivity index (χ4n) is 9.86. The molecule has 2 atom stereocenters. The molecule has 5 saturated heterocycles. The van der Waals surface area contributed by atoms with Crippen LogP contribution >= 0.6 is 11.6 Å². The molecule has 1 N–H and O–H groups in total. The van der Waals surface area contributed by atoms with Crippen molar-refractivity contribution in [2.24, 2.45) is 5.41 Å². The zero-order chi connectivity index (χ0) is 38.7. The van der Waals surface area contributed by atoms with E-state index < -0.39 is 23.8 Å². The van der Waals surface area contributed by atoms with Gasteiger partial charge in [-0.25, -0.2) is 9.83 Å². The topological polar surface area (TPSA) is 117 Å². The normalized spacial score (nSPS) is 24.4. The number of rotatable bonds is 7. The highest BCUT2D eigenvalue weighted by Gasteiger charge is 2.46. The van der Waals surface area contributed by atoms with E-state index in [2.05, 4.69) is 53.7 Å². The van der Waals surface area contributed by atoms with Gasteiger partial charge in [-0.15, -0.1) is 0 Å². The highest BCUT2D eigenvalue weighted by Crippen LogP contribution is 2.46. The number of carbonyl (C=O) groups excluding carboxylic acids is 4. The summed E-state index contributed by atoms with van der Waals surface area (Å²) >= 11 is 6.38. The average molecular weight is 776 g/mol. The molecule has 7 heterocycles. The highest BCUT2D eigenvalue weighted by atomic mass is 35.5. The number of piperidine rings is 2. The minimum absolute atomic E-state index is 0.101. The quantitative estimate of drug-likeness (QED) is 0.270. The van der Waals surface area contributed by atoms with Crippen molar-refractivity contribution >= 4 is 58.1 Å². The molecule has 0 aliphatic carbocycles. The van der Waals surface area contributed by atoms with Gasteiger partial charge in [-0.1, -0.05) is 23.7 Å². The number of nitrogens with zero attached hydrogens (tertiary/aromatic N) is 8. The number of likely N-dealkylation sites (tertiary alicyclic amines) is 1. The largest absolute Gasteiger partial charge is 0.369 e. The number of amides is 4. The predicted octanol–water partition coefficient (Wildman–Crippen LogP) is 4.58. The first-order valence-corrected chi connectivity index (χ1v) is 20.2. The number of nitrogens with one attached hydrogen (secondary N) is 1. The Bertz CT molecular complexity index is 2120. The Balaban J connectivity index is 0.724. The molecule has 2 aromatic carbocycles. The minimum atomic E-state index is -0.961. The lowest BCUT2D eigenvalue weighted by Gasteiger charge is -2.48. The van der Waals surface area contributed by atoms with E-state index in [1.54, 1.807) is 12.1 Å². The van der Waals surface area contributed by atoms with Gasteiger partial charge in [0.15, 0.2) is 0 Å². The molecule has 6 aliphatic rings.